The van der Waals surface area contributed by atoms with Crippen LogP contribution in [0.15, 0.2) is 34.9 Å². The topological polar surface area (TPSA) is 52.3 Å². The van der Waals surface area contributed by atoms with E-state index in [1.54, 1.807) is 13.3 Å². The molecule has 2 rings (SSSR count). The standard InChI is InChI=1S/C13H13NO3/c1-16-11-4-2-3-10(7-11)8-13-14-9-12(17-13)5-6-15/h2-4,6-7,9H,5,8H2,1H3. The Bertz CT molecular complexity index is 505. The van der Waals surface area contributed by atoms with E-state index >= 15 is 0 Å². The first-order valence-corrected chi connectivity index (χ1v) is 5.32. The van der Waals surface area contributed by atoms with E-state index < -0.39 is 0 Å². The quantitative estimate of drug-likeness (QED) is 0.739. The molecule has 0 aliphatic carbocycles. The number of nitrogens with zero attached hydrogens (tertiary/aromatic N) is 1. The van der Waals surface area contributed by atoms with Crippen molar-refractivity contribution in [2.75, 3.05) is 7.11 Å². The van der Waals surface area contributed by atoms with Crippen molar-refractivity contribution in [1.82, 2.24) is 4.98 Å². The van der Waals surface area contributed by atoms with Crippen LogP contribution in [-0.4, -0.2) is 18.4 Å². The fraction of sp³-hybridized carbons (Fsp3) is 0.231. The summed E-state index contributed by atoms with van der Waals surface area (Å²) >= 11 is 0. The van der Waals surface area contributed by atoms with Gasteiger partial charge in [0, 0.05) is 6.42 Å². The minimum Gasteiger partial charge on any atom is -0.497 e. The maximum absolute atomic E-state index is 10.3. The summed E-state index contributed by atoms with van der Waals surface area (Å²) < 4.78 is 10.6. The van der Waals surface area contributed by atoms with Crippen LogP contribution in [-0.2, 0) is 17.6 Å². The normalized spacial score (nSPS) is 10.2. The number of rotatable bonds is 5. The summed E-state index contributed by atoms with van der Waals surface area (Å²) in [6.45, 7) is 0. The molecule has 0 aliphatic rings. The van der Waals surface area contributed by atoms with Crippen LogP contribution >= 0.6 is 0 Å². The van der Waals surface area contributed by atoms with Gasteiger partial charge < -0.3 is 13.9 Å². The molecule has 0 aliphatic heterocycles. The number of ether oxygens (including phenoxy) is 1. The Morgan fingerprint density at radius 2 is 2.35 bits per heavy atom. The van der Waals surface area contributed by atoms with Gasteiger partial charge in [0.25, 0.3) is 0 Å². The highest BCUT2D eigenvalue weighted by Gasteiger charge is 2.05. The van der Waals surface area contributed by atoms with Crippen LogP contribution in [0.2, 0.25) is 0 Å². The second-order valence-electron chi connectivity index (χ2n) is 3.62. The van der Waals surface area contributed by atoms with E-state index in [0.717, 1.165) is 17.6 Å². The first kappa shape index (κ1) is 11.4. The molecule has 0 saturated heterocycles. The zero-order valence-electron chi connectivity index (χ0n) is 9.55. The summed E-state index contributed by atoms with van der Waals surface area (Å²) in [5.41, 5.74) is 1.06. The Balaban J connectivity index is 2.10. The summed E-state index contributed by atoms with van der Waals surface area (Å²) in [4.78, 5) is 14.4. The van der Waals surface area contributed by atoms with Crippen molar-refractivity contribution in [3.8, 4) is 5.75 Å². The average Bonchev–Trinajstić information content (AvgIpc) is 2.77. The summed E-state index contributed by atoms with van der Waals surface area (Å²) in [6, 6.07) is 7.72. The number of aromatic nitrogens is 1. The monoisotopic (exact) mass is 231 g/mol. The highest BCUT2D eigenvalue weighted by Crippen LogP contribution is 2.16. The van der Waals surface area contributed by atoms with Gasteiger partial charge in [-0.05, 0) is 17.7 Å². The lowest BCUT2D eigenvalue weighted by molar-refractivity contribution is -0.107. The molecule has 0 unspecified atom stereocenters. The minimum absolute atomic E-state index is 0.269. The zero-order valence-corrected chi connectivity index (χ0v) is 9.55. The van der Waals surface area contributed by atoms with Crippen molar-refractivity contribution in [1.29, 1.82) is 0 Å². The Labute approximate surface area is 99.2 Å². The molecule has 0 atom stereocenters. The largest absolute Gasteiger partial charge is 0.497 e. The van der Waals surface area contributed by atoms with E-state index in [9.17, 15) is 4.79 Å². The second kappa shape index (κ2) is 5.30. The molecule has 17 heavy (non-hydrogen) atoms. The van der Waals surface area contributed by atoms with Gasteiger partial charge >= 0.3 is 0 Å². The van der Waals surface area contributed by atoms with E-state index in [1.165, 1.54) is 0 Å². The van der Waals surface area contributed by atoms with E-state index in [0.29, 0.717) is 18.1 Å². The first-order chi connectivity index (χ1) is 8.31. The Morgan fingerprint density at radius 3 is 3.12 bits per heavy atom. The van der Waals surface area contributed by atoms with Gasteiger partial charge in [-0.1, -0.05) is 12.1 Å². The van der Waals surface area contributed by atoms with Crippen molar-refractivity contribution >= 4 is 6.29 Å². The second-order valence-corrected chi connectivity index (χ2v) is 3.62. The number of carbonyl (C=O) groups is 1. The first-order valence-electron chi connectivity index (χ1n) is 5.32. The van der Waals surface area contributed by atoms with Gasteiger partial charge in [-0.15, -0.1) is 0 Å². The van der Waals surface area contributed by atoms with Gasteiger partial charge in [-0.25, -0.2) is 4.98 Å². The van der Waals surface area contributed by atoms with Crippen LogP contribution in [0.25, 0.3) is 0 Å². The lowest BCUT2D eigenvalue weighted by atomic mass is 10.1. The molecule has 1 aromatic carbocycles. The van der Waals surface area contributed by atoms with Crippen molar-refractivity contribution in [3.05, 3.63) is 47.7 Å². The Hall–Kier alpha value is -2.10. The number of methoxy groups -OCH3 is 1. The molecule has 1 heterocycles. The maximum Gasteiger partial charge on any atom is 0.198 e. The smallest absolute Gasteiger partial charge is 0.198 e. The van der Waals surface area contributed by atoms with E-state index in [-0.39, 0.29) is 6.42 Å². The number of aldehydes is 1. The molecule has 0 spiro atoms. The van der Waals surface area contributed by atoms with Gasteiger partial charge in [0.15, 0.2) is 5.89 Å². The number of hydrogen-bond donors (Lipinski definition) is 0. The highest BCUT2D eigenvalue weighted by molar-refractivity contribution is 5.52. The molecule has 4 heteroatoms. The number of hydrogen-bond acceptors (Lipinski definition) is 4. The molecular weight excluding hydrogens is 218 g/mol. The molecular formula is C13H13NO3. The third kappa shape index (κ3) is 2.93. The molecule has 88 valence electrons. The SMILES string of the molecule is COc1cccc(Cc2ncc(CC=O)o2)c1. The number of carbonyl (C=O) groups excluding carboxylic acids is 1. The fourth-order valence-corrected chi connectivity index (χ4v) is 1.56. The van der Waals surface area contributed by atoms with Gasteiger partial charge in [0.05, 0.1) is 19.7 Å². The van der Waals surface area contributed by atoms with Crippen LogP contribution in [0.5, 0.6) is 5.75 Å². The molecule has 0 amide bonds. The third-order valence-electron chi connectivity index (χ3n) is 2.38. The van der Waals surface area contributed by atoms with Crippen LogP contribution in [0.3, 0.4) is 0 Å². The predicted molar refractivity (Wildman–Crippen MR) is 62.1 cm³/mol. The van der Waals surface area contributed by atoms with Gasteiger partial charge in [-0.3, -0.25) is 0 Å². The van der Waals surface area contributed by atoms with Crippen molar-refractivity contribution in [3.63, 3.8) is 0 Å². The fourth-order valence-electron chi connectivity index (χ4n) is 1.56. The molecule has 0 saturated carbocycles. The zero-order chi connectivity index (χ0) is 12.1. The van der Waals surface area contributed by atoms with Crippen LogP contribution in [0, 0.1) is 0 Å². The van der Waals surface area contributed by atoms with Crippen molar-refractivity contribution < 1.29 is 13.9 Å². The van der Waals surface area contributed by atoms with E-state index in [2.05, 4.69) is 4.98 Å². The van der Waals surface area contributed by atoms with E-state index in [4.69, 9.17) is 9.15 Å². The Morgan fingerprint density at radius 1 is 1.47 bits per heavy atom. The Kier molecular flexibility index (Phi) is 3.55. The predicted octanol–water partition coefficient (Wildman–Crippen LogP) is 2.02. The number of oxazole rings is 1. The molecule has 0 radical (unpaired) electrons. The van der Waals surface area contributed by atoms with Crippen LogP contribution in [0.1, 0.15) is 17.2 Å². The summed E-state index contributed by atoms with van der Waals surface area (Å²) in [5, 5.41) is 0. The molecule has 0 N–H and O–H groups in total. The van der Waals surface area contributed by atoms with E-state index in [1.807, 2.05) is 24.3 Å². The maximum atomic E-state index is 10.3. The molecule has 1 aromatic heterocycles. The molecule has 0 fully saturated rings. The van der Waals surface area contributed by atoms with Crippen molar-refractivity contribution in [2.45, 2.75) is 12.8 Å². The van der Waals surface area contributed by atoms with Crippen LogP contribution in [0.4, 0.5) is 0 Å². The average molecular weight is 231 g/mol. The summed E-state index contributed by atoms with van der Waals surface area (Å²) in [6.07, 6.45) is 3.25. The molecule has 2 aromatic rings. The summed E-state index contributed by atoms with van der Waals surface area (Å²) in [5.74, 6) is 2.01. The molecule has 0 bridgehead atoms. The van der Waals surface area contributed by atoms with Gasteiger partial charge in [0.2, 0.25) is 0 Å². The lowest BCUT2D eigenvalue weighted by Gasteiger charge is -2.01. The van der Waals surface area contributed by atoms with Gasteiger partial charge in [0.1, 0.15) is 17.8 Å². The lowest BCUT2D eigenvalue weighted by Crippen LogP contribution is -1.89. The summed E-state index contributed by atoms with van der Waals surface area (Å²) in [7, 11) is 1.63. The van der Waals surface area contributed by atoms with Crippen molar-refractivity contribution in [2.24, 2.45) is 0 Å². The van der Waals surface area contributed by atoms with Crippen LogP contribution < -0.4 is 4.74 Å². The third-order valence-corrected chi connectivity index (χ3v) is 2.38. The van der Waals surface area contributed by atoms with Gasteiger partial charge in [-0.2, -0.15) is 0 Å². The highest BCUT2D eigenvalue weighted by atomic mass is 16.5. The minimum atomic E-state index is 0.269. The number of benzene rings is 1. The molecule has 4 nitrogen and oxygen atoms in total.